The van der Waals surface area contributed by atoms with Crippen LogP contribution in [-0.2, 0) is 14.3 Å². The van der Waals surface area contributed by atoms with Crippen LogP contribution in [0.25, 0.3) is 0 Å². The van der Waals surface area contributed by atoms with Gasteiger partial charge in [-0.15, -0.1) is 0 Å². The van der Waals surface area contributed by atoms with Crippen LogP contribution < -0.4 is 0 Å². The van der Waals surface area contributed by atoms with E-state index in [0.29, 0.717) is 18.8 Å². The molecule has 0 aliphatic heterocycles. The maximum Gasteiger partial charge on any atom is 0.309 e. The summed E-state index contributed by atoms with van der Waals surface area (Å²) in [6.45, 7) is 4.20. The van der Waals surface area contributed by atoms with E-state index in [1.165, 1.54) is 0 Å². The average Bonchev–Trinajstić information content (AvgIpc) is 2.72. The first-order chi connectivity index (χ1) is 8.97. The molecule has 0 bridgehead atoms. The Morgan fingerprint density at radius 3 is 2.16 bits per heavy atom. The summed E-state index contributed by atoms with van der Waals surface area (Å²) in [5.74, 6) is -0.309. The summed E-state index contributed by atoms with van der Waals surface area (Å²) >= 11 is 0. The number of rotatable bonds is 3. The summed E-state index contributed by atoms with van der Waals surface area (Å²) in [5, 5.41) is 9.02. The first-order valence-corrected chi connectivity index (χ1v) is 7.40. The summed E-state index contributed by atoms with van der Waals surface area (Å²) in [6.07, 6.45) is 4.93. The molecule has 2 fully saturated rings. The molecule has 2 rings (SSSR count). The second-order valence-electron chi connectivity index (χ2n) is 6.42. The molecule has 0 aromatic carbocycles. The molecule has 2 aliphatic rings. The predicted molar refractivity (Wildman–Crippen MR) is 70.5 cm³/mol. The highest BCUT2D eigenvalue weighted by atomic mass is 16.5. The quantitative estimate of drug-likeness (QED) is 0.799. The van der Waals surface area contributed by atoms with Crippen molar-refractivity contribution in [2.45, 2.75) is 58.5 Å². The number of hydrogen-bond donors (Lipinski definition) is 1. The molecule has 3 atom stereocenters. The van der Waals surface area contributed by atoms with Gasteiger partial charge in [0.2, 0.25) is 0 Å². The smallest absolute Gasteiger partial charge is 0.309 e. The highest BCUT2D eigenvalue weighted by molar-refractivity contribution is 5.73. The zero-order chi connectivity index (χ0) is 14.0. The molecule has 19 heavy (non-hydrogen) atoms. The van der Waals surface area contributed by atoms with Gasteiger partial charge in [-0.3, -0.25) is 9.59 Å². The molecule has 4 nitrogen and oxygen atoms in total. The van der Waals surface area contributed by atoms with Crippen LogP contribution in [-0.4, -0.2) is 23.1 Å². The fourth-order valence-electron chi connectivity index (χ4n) is 3.32. The van der Waals surface area contributed by atoms with Gasteiger partial charge in [-0.05, 0) is 50.4 Å². The zero-order valence-corrected chi connectivity index (χ0v) is 11.8. The van der Waals surface area contributed by atoms with Gasteiger partial charge < -0.3 is 9.84 Å². The van der Waals surface area contributed by atoms with Gasteiger partial charge in [0.15, 0.2) is 0 Å². The number of ether oxygens (including phenoxy) is 1. The fraction of sp³-hybridized carbons (Fsp3) is 0.867. The van der Waals surface area contributed by atoms with Gasteiger partial charge in [0, 0.05) is 0 Å². The second-order valence-corrected chi connectivity index (χ2v) is 6.42. The first-order valence-electron chi connectivity index (χ1n) is 7.40. The number of hydrogen-bond acceptors (Lipinski definition) is 3. The molecular formula is C15H24O4. The van der Waals surface area contributed by atoms with E-state index >= 15 is 0 Å². The Kier molecular flexibility index (Phi) is 4.48. The van der Waals surface area contributed by atoms with Gasteiger partial charge in [-0.1, -0.05) is 13.8 Å². The van der Waals surface area contributed by atoms with Crippen LogP contribution in [0.15, 0.2) is 0 Å². The summed E-state index contributed by atoms with van der Waals surface area (Å²) in [4.78, 5) is 23.1. The van der Waals surface area contributed by atoms with Crippen molar-refractivity contribution in [3.8, 4) is 0 Å². The molecule has 0 radical (unpaired) electrons. The molecule has 0 aromatic heterocycles. The van der Waals surface area contributed by atoms with Crippen molar-refractivity contribution in [3.63, 3.8) is 0 Å². The number of carboxylic acids is 1. The molecule has 1 N–H and O–H groups in total. The fourth-order valence-corrected chi connectivity index (χ4v) is 3.32. The van der Waals surface area contributed by atoms with Gasteiger partial charge >= 0.3 is 11.9 Å². The van der Waals surface area contributed by atoms with Crippen molar-refractivity contribution < 1.29 is 19.4 Å². The Morgan fingerprint density at radius 1 is 1.00 bits per heavy atom. The third-order valence-corrected chi connectivity index (χ3v) is 4.77. The van der Waals surface area contributed by atoms with Gasteiger partial charge in [-0.2, -0.15) is 0 Å². The van der Waals surface area contributed by atoms with Gasteiger partial charge in [0.05, 0.1) is 11.8 Å². The van der Waals surface area contributed by atoms with E-state index in [0.717, 1.165) is 25.7 Å². The molecule has 0 amide bonds. The molecule has 0 saturated heterocycles. The number of carboxylic acid groups (broad SMARTS) is 1. The van der Waals surface area contributed by atoms with Crippen LogP contribution in [0.1, 0.15) is 52.4 Å². The Hall–Kier alpha value is -1.06. The van der Waals surface area contributed by atoms with Crippen LogP contribution in [0.4, 0.5) is 0 Å². The van der Waals surface area contributed by atoms with Crippen molar-refractivity contribution in [2.75, 3.05) is 0 Å². The van der Waals surface area contributed by atoms with Crippen LogP contribution in [0.3, 0.4) is 0 Å². The second kappa shape index (κ2) is 5.93. The van der Waals surface area contributed by atoms with Crippen LogP contribution in [0, 0.1) is 23.7 Å². The average molecular weight is 268 g/mol. The minimum atomic E-state index is -0.767. The highest BCUT2D eigenvalue weighted by Crippen LogP contribution is 2.35. The minimum absolute atomic E-state index is 0.0345. The number of carbonyl (C=O) groups is 2. The largest absolute Gasteiger partial charge is 0.481 e. The number of carbonyl (C=O) groups excluding carboxylic acids is 1. The molecular weight excluding hydrogens is 244 g/mol. The lowest BCUT2D eigenvalue weighted by Crippen LogP contribution is -2.28. The Balaban J connectivity index is 1.84. The zero-order valence-electron chi connectivity index (χ0n) is 11.8. The molecule has 2 aliphatic carbocycles. The van der Waals surface area contributed by atoms with E-state index in [4.69, 9.17) is 9.84 Å². The lowest BCUT2D eigenvalue weighted by atomic mass is 9.83. The summed E-state index contributed by atoms with van der Waals surface area (Å²) < 4.78 is 5.58. The van der Waals surface area contributed by atoms with Crippen molar-refractivity contribution in [1.29, 1.82) is 0 Å². The van der Waals surface area contributed by atoms with E-state index in [-0.39, 0.29) is 29.8 Å². The minimum Gasteiger partial charge on any atom is -0.481 e. The Morgan fingerprint density at radius 2 is 1.63 bits per heavy atom. The predicted octanol–water partition coefficient (Wildman–Crippen LogP) is 2.86. The van der Waals surface area contributed by atoms with Gasteiger partial charge in [-0.25, -0.2) is 0 Å². The first kappa shape index (κ1) is 14.4. The highest BCUT2D eigenvalue weighted by Gasteiger charge is 2.39. The van der Waals surface area contributed by atoms with Gasteiger partial charge in [0.25, 0.3) is 0 Å². The Bertz CT molecular complexity index is 344. The third kappa shape index (κ3) is 3.48. The van der Waals surface area contributed by atoms with Crippen molar-refractivity contribution in [3.05, 3.63) is 0 Å². The molecule has 0 heterocycles. The van der Waals surface area contributed by atoms with Crippen molar-refractivity contribution in [2.24, 2.45) is 23.7 Å². The number of esters is 1. The summed E-state index contributed by atoms with van der Waals surface area (Å²) in [5.41, 5.74) is 0. The van der Waals surface area contributed by atoms with E-state index in [9.17, 15) is 9.59 Å². The van der Waals surface area contributed by atoms with E-state index < -0.39 is 5.97 Å². The molecule has 0 aromatic rings. The maximum atomic E-state index is 12.1. The van der Waals surface area contributed by atoms with Crippen molar-refractivity contribution in [1.82, 2.24) is 0 Å². The maximum absolute atomic E-state index is 12.1. The van der Waals surface area contributed by atoms with Crippen molar-refractivity contribution >= 4 is 11.9 Å². The third-order valence-electron chi connectivity index (χ3n) is 4.77. The standard InChI is InChI=1S/C15H24O4/c1-9-3-5-11(6-4-9)15(18)19-13-8-12(14(16)17)7-10(13)2/h9-13H,3-8H2,1-2H3,(H,16,17)/t9?,10-,11?,12-,13?/m0/s1. The lowest BCUT2D eigenvalue weighted by Gasteiger charge is -2.26. The molecule has 1 unspecified atom stereocenters. The summed E-state index contributed by atoms with van der Waals surface area (Å²) in [7, 11) is 0. The molecule has 108 valence electrons. The topological polar surface area (TPSA) is 63.6 Å². The SMILES string of the molecule is CC1CCC(C(=O)OC2C[C@@H](C(=O)O)C[C@@H]2C)CC1. The van der Waals surface area contributed by atoms with Gasteiger partial charge in [0.1, 0.15) is 6.10 Å². The molecule has 0 spiro atoms. The number of aliphatic carboxylic acids is 1. The van der Waals surface area contributed by atoms with Crippen LogP contribution in [0.2, 0.25) is 0 Å². The van der Waals surface area contributed by atoms with Crippen LogP contribution >= 0.6 is 0 Å². The molecule has 2 saturated carbocycles. The van der Waals surface area contributed by atoms with E-state index in [1.54, 1.807) is 0 Å². The van der Waals surface area contributed by atoms with E-state index in [2.05, 4.69) is 6.92 Å². The Labute approximate surface area is 114 Å². The molecule has 4 heteroatoms. The normalized spacial score (nSPS) is 38.9. The summed E-state index contributed by atoms with van der Waals surface area (Å²) in [6, 6.07) is 0. The van der Waals surface area contributed by atoms with Crippen LogP contribution in [0.5, 0.6) is 0 Å². The monoisotopic (exact) mass is 268 g/mol. The van der Waals surface area contributed by atoms with E-state index in [1.807, 2.05) is 6.92 Å². The lowest BCUT2D eigenvalue weighted by molar-refractivity contribution is -0.157.